The lowest BCUT2D eigenvalue weighted by atomic mass is 10.2. The largest absolute Gasteiger partial charge is 0.365 e. The van der Waals surface area contributed by atoms with E-state index in [0.717, 1.165) is 18.0 Å². The Labute approximate surface area is 80.2 Å². The molecule has 1 fully saturated rings. The van der Waals surface area contributed by atoms with Crippen LogP contribution in [0.3, 0.4) is 0 Å². The first-order valence-corrected chi connectivity index (χ1v) is 5.08. The number of primary amides is 1. The molecule has 1 aliphatic rings. The normalized spacial score (nSPS) is 22.0. The first kappa shape index (κ1) is 8.65. The molecule has 1 unspecified atom stereocenters. The van der Waals surface area contributed by atoms with Crippen LogP contribution in [0.25, 0.3) is 0 Å². The van der Waals surface area contributed by atoms with Crippen LogP contribution in [0.1, 0.15) is 33.6 Å². The summed E-state index contributed by atoms with van der Waals surface area (Å²) in [6.45, 7) is 1.04. The van der Waals surface area contributed by atoms with Gasteiger partial charge >= 0.3 is 0 Å². The van der Waals surface area contributed by atoms with E-state index in [9.17, 15) is 4.79 Å². The van der Waals surface area contributed by atoms with Gasteiger partial charge in [-0.2, -0.15) is 0 Å². The molecule has 1 aromatic heterocycles. The Kier molecular flexibility index (Phi) is 2.28. The Hall–Kier alpha value is -0.940. The predicted octanol–water partition coefficient (Wildman–Crippen LogP) is 0.667. The number of nitrogens with two attached hydrogens (primary N) is 1. The molecule has 0 bridgehead atoms. The van der Waals surface area contributed by atoms with E-state index < -0.39 is 0 Å². The van der Waals surface area contributed by atoms with Gasteiger partial charge in [-0.1, -0.05) is 0 Å². The maximum atomic E-state index is 10.8. The smallest absolute Gasteiger partial charge is 0.260 e. The zero-order valence-corrected chi connectivity index (χ0v) is 7.93. The number of nitrogens with one attached hydrogen (secondary N) is 1. The molecule has 0 spiro atoms. The molecule has 1 amide bonds. The van der Waals surface area contributed by atoms with Crippen molar-refractivity contribution in [3.8, 4) is 0 Å². The number of hydrogen-bond donors (Lipinski definition) is 2. The molecular formula is C8H11N3OS. The number of nitrogens with zero attached hydrogens (tertiary/aromatic N) is 1. The van der Waals surface area contributed by atoms with Crippen LogP contribution in [0, 0.1) is 0 Å². The molecule has 13 heavy (non-hydrogen) atoms. The number of thiazole rings is 1. The van der Waals surface area contributed by atoms with Crippen LogP contribution >= 0.6 is 11.3 Å². The summed E-state index contributed by atoms with van der Waals surface area (Å²) in [4.78, 5) is 15.5. The standard InChI is InChI=1S/C8H11N3OS/c9-7(12)6-4-11-8(13-6)5-2-1-3-10-5/h4-5,10H,1-3H2,(H2,9,12). The molecule has 1 aromatic rings. The first-order chi connectivity index (χ1) is 6.27. The van der Waals surface area contributed by atoms with Crippen LogP contribution in [0.5, 0.6) is 0 Å². The van der Waals surface area contributed by atoms with Crippen molar-refractivity contribution in [2.75, 3.05) is 6.54 Å². The van der Waals surface area contributed by atoms with Crippen molar-refractivity contribution < 1.29 is 4.79 Å². The predicted molar refractivity (Wildman–Crippen MR) is 50.6 cm³/mol. The van der Waals surface area contributed by atoms with Crippen molar-refractivity contribution in [2.24, 2.45) is 5.73 Å². The van der Waals surface area contributed by atoms with Crippen LogP contribution in [-0.4, -0.2) is 17.4 Å². The Morgan fingerprint density at radius 2 is 2.62 bits per heavy atom. The quantitative estimate of drug-likeness (QED) is 0.732. The van der Waals surface area contributed by atoms with E-state index in [1.54, 1.807) is 6.20 Å². The lowest BCUT2D eigenvalue weighted by molar-refractivity contribution is 0.100. The van der Waals surface area contributed by atoms with Crippen molar-refractivity contribution >= 4 is 17.2 Å². The second-order valence-corrected chi connectivity index (χ2v) is 4.14. The highest BCUT2D eigenvalue weighted by Gasteiger charge is 2.20. The lowest BCUT2D eigenvalue weighted by Gasteiger charge is -2.03. The minimum Gasteiger partial charge on any atom is -0.365 e. The molecule has 0 radical (unpaired) electrons. The minimum absolute atomic E-state index is 0.332. The molecule has 0 aliphatic carbocycles. The third-order valence-corrected chi connectivity index (χ3v) is 3.25. The highest BCUT2D eigenvalue weighted by molar-refractivity contribution is 7.13. The van der Waals surface area contributed by atoms with E-state index in [2.05, 4.69) is 10.3 Å². The molecule has 1 atom stereocenters. The maximum Gasteiger partial charge on any atom is 0.260 e. The summed E-state index contributed by atoms with van der Waals surface area (Å²) in [5.74, 6) is -0.387. The highest BCUT2D eigenvalue weighted by atomic mass is 32.1. The van der Waals surface area contributed by atoms with E-state index >= 15 is 0 Å². The first-order valence-electron chi connectivity index (χ1n) is 4.26. The minimum atomic E-state index is -0.387. The summed E-state index contributed by atoms with van der Waals surface area (Å²) in [7, 11) is 0. The van der Waals surface area contributed by atoms with Gasteiger partial charge in [0, 0.05) is 0 Å². The summed E-state index contributed by atoms with van der Waals surface area (Å²) in [6, 6.07) is 0.332. The highest BCUT2D eigenvalue weighted by Crippen LogP contribution is 2.26. The Balaban J connectivity index is 2.16. The number of rotatable bonds is 2. The fourth-order valence-electron chi connectivity index (χ4n) is 1.46. The van der Waals surface area contributed by atoms with Crippen molar-refractivity contribution in [2.45, 2.75) is 18.9 Å². The summed E-state index contributed by atoms with van der Waals surface area (Å²) < 4.78 is 0. The molecule has 70 valence electrons. The van der Waals surface area contributed by atoms with Crippen molar-refractivity contribution in [1.29, 1.82) is 0 Å². The average Bonchev–Trinajstić information content (AvgIpc) is 2.75. The summed E-state index contributed by atoms with van der Waals surface area (Å²) >= 11 is 1.39. The van der Waals surface area contributed by atoms with Crippen LogP contribution in [0.4, 0.5) is 0 Å². The lowest BCUT2D eigenvalue weighted by Crippen LogP contribution is -2.12. The Morgan fingerprint density at radius 1 is 1.77 bits per heavy atom. The molecule has 1 saturated heterocycles. The van der Waals surface area contributed by atoms with Gasteiger partial charge < -0.3 is 11.1 Å². The van der Waals surface area contributed by atoms with Crippen LogP contribution in [0.2, 0.25) is 0 Å². The summed E-state index contributed by atoms with van der Waals surface area (Å²) in [6.07, 6.45) is 3.84. The van der Waals surface area contributed by atoms with Crippen LogP contribution < -0.4 is 11.1 Å². The average molecular weight is 197 g/mol. The van der Waals surface area contributed by atoms with Gasteiger partial charge in [0.05, 0.1) is 12.2 Å². The van der Waals surface area contributed by atoms with Gasteiger partial charge in [0.15, 0.2) is 0 Å². The van der Waals surface area contributed by atoms with E-state index in [1.165, 1.54) is 17.8 Å². The number of carbonyl (C=O) groups is 1. The fraction of sp³-hybridized carbons (Fsp3) is 0.500. The van der Waals surface area contributed by atoms with E-state index in [0.29, 0.717) is 10.9 Å². The zero-order chi connectivity index (χ0) is 9.26. The van der Waals surface area contributed by atoms with Crippen molar-refractivity contribution in [3.05, 3.63) is 16.1 Å². The number of carbonyl (C=O) groups excluding carboxylic acids is 1. The van der Waals surface area contributed by atoms with Gasteiger partial charge in [-0.3, -0.25) is 4.79 Å². The Morgan fingerprint density at radius 3 is 3.15 bits per heavy atom. The molecule has 0 aromatic carbocycles. The second-order valence-electron chi connectivity index (χ2n) is 3.08. The Bertz CT molecular complexity index is 317. The third-order valence-electron chi connectivity index (χ3n) is 2.12. The van der Waals surface area contributed by atoms with Gasteiger partial charge in [0.2, 0.25) is 0 Å². The van der Waals surface area contributed by atoms with E-state index in [1.807, 2.05) is 0 Å². The molecule has 0 saturated carbocycles. The fourth-order valence-corrected chi connectivity index (χ4v) is 2.34. The SMILES string of the molecule is NC(=O)c1cnc(C2CCCN2)s1. The number of aromatic nitrogens is 1. The van der Waals surface area contributed by atoms with Gasteiger partial charge in [-0.25, -0.2) is 4.98 Å². The topological polar surface area (TPSA) is 68.0 Å². The zero-order valence-electron chi connectivity index (χ0n) is 7.12. The van der Waals surface area contributed by atoms with Crippen LogP contribution in [-0.2, 0) is 0 Å². The number of amides is 1. The number of hydrogen-bond acceptors (Lipinski definition) is 4. The molecule has 2 rings (SSSR count). The monoisotopic (exact) mass is 197 g/mol. The van der Waals surface area contributed by atoms with E-state index in [4.69, 9.17) is 5.73 Å². The molecular weight excluding hydrogens is 186 g/mol. The van der Waals surface area contributed by atoms with Crippen molar-refractivity contribution in [1.82, 2.24) is 10.3 Å². The van der Waals surface area contributed by atoms with Crippen molar-refractivity contribution in [3.63, 3.8) is 0 Å². The molecule has 5 heteroatoms. The molecule has 1 aliphatic heterocycles. The molecule has 4 nitrogen and oxygen atoms in total. The van der Waals surface area contributed by atoms with E-state index in [-0.39, 0.29) is 5.91 Å². The molecule has 2 heterocycles. The van der Waals surface area contributed by atoms with Crippen LogP contribution in [0.15, 0.2) is 6.20 Å². The second kappa shape index (κ2) is 3.43. The molecule has 3 N–H and O–H groups in total. The third kappa shape index (κ3) is 1.71. The summed E-state index contributed by atoms with van der Waals surface area (Å²) in [5, 5.41) is 4.30. The van der Waals surface area contributed by atoms with Gasteiger partial charge in [-0.05, 0) is 19.4 Å². The van der Waals surface area contributed by atoms with Gasteiger partial charge in [0.1, 0.15) is 9.88 Å². The van der Waals surface area contributed by atoms with Gasteiger partial charge in [-0.15, -0.1) is 11.3 Å². The maximum absolute atomic E-state index is 10.8. The van der Waals surface area contributed by atoms with Gasteiger partial charge in [0.25, 0.3) is 5.91 Å². The summed E-state index contributed by atoms with van der Waals surface area (Å²) in [5.41, 5.74) is 5.14.